The zero-order valence-corrected chi connectivity index (χ0v) is 27.6. The standard InChI is InChI=1S/C42H37N3.C2H5N/c1-3-29(2)31-12-10-13-32(26-31)33-19-22-37-34(27-33)20-23-39-38-21-18-30(11-9-14-35(28-43)40-17-7-8-24-44-40)25-41(38)45(42(37)39)36-15-5-4-6-16-36;1-2-3/h3-10,12-28,40,44H,11,43H2,1-2H3;2H,1,3H2/b14-9-,29-3+,35-28+;. The molecule has 0 saturated carbocycles. The third-order valence-electron chi connectivity index (χ3n) is 8.91. The first kappa shape index (κ1) is 32.0. The van der Waals surface area contributed by atoms with Gasteiger partial charge in [0.2, 0.25) is 0 Å². The first-order valence-electron chi connectivity index (χ1n) is 16.4. The SMILES string of the molecule is C/C=C(\C)c1cccc(-c2ccc3c(ccc4c5ccc(C/C=C\C(=C/N)C6C=CC=CN6)cc5n(-c5ccccc5)c34)c2)c1.C=CN. The summed E-state index contributed by atoms with van der Waals surface area (Å²) >= 11 is 0. The lowest BCUT2D eigenvalue weighted by Gasteiger charge is -2.16. The Morgan fingerprint density at radius 1 is 0.833 bits per heavy atom. The topological polar surface area (TPSA) is 69.0 Å². The second-order valence-corrected chi connectivity index (χ2v) is 11.9. The molecule has 1 aliphatic rings. The normalized spacial score (nSPS) is 14.8. The highest BCUT2D eigenvalue weighted by atomic mass is 15.0. The molecule has 48 heavy (non-hydrogen) atoms. The van der Waals surface area contributed by atoms with Crippen LogP contribution in [0.25, 0.3) is 55.0 Å². The summed E-state index contributed by atoms with van der Waals surface area (Å²) in [6, 6.07) is 38.0. The molecular formula is C44H42N4. The molecule has 1 aromatic heterocycles. The number of dihydropyridines is 1. The molecule has 2 heterocycles. The van der Waals surface area contributed by atoms with Crippen LogP contribution in [0, 0.1) is 0 Å². The third-order valence-corrected chi connectivity index (χ3v) is 8.91. The van der Waals surface area contributed by atoms with Crippen molar-refractivity contribution in [1.29, 1.82) is 0 Å². The van der Waals surface area contributed by atoms with Gasteiger partial charge in [-0.05, 0) is 114 Å². The smallest absolute Gasteiger partial charge is 0.0709 e. The van der Waals surface area contributed by atoms with Gasteiger partial charge in [0.1, 0.15) is 0 Å². The fourth-order valence-electron chi connectivity index (χ4n) is 6.39. The summed E-state index contributed by atoms with van der Waals surface area (Å²) in [7, 11) is 0. The van der Waals surface area contributed by atoms with Gasteiger partial charge in [0.05, 0.1) is 17.1 Å². The third kappa shape index (κ3) is 6.47. The van der Waals surface area contributed by atoms with E-state index >= 15 is 0 Å². The molecule has 7 rings (SSSR count). The minimum Gasteiger partial charge on any atom is -0.405 e. The summed E-state index contributed by atoms with van der Waals surface area (Å²) in [5, 5.41) is 8.35. The molecule has 0 amide bonds. The van der Waals surface area contributed by atoms with E-state index in [9.17, 15) is 0 Å². The molecule has 5 N–H and O–H groups in total. The van der Waals surface area contributed by atoms with Gasteiger partial charge in [0.15, 0.2) is 0 Å². The van der Waals surface area contributed by atoms with Gasteiger partial charge in [-0.2, -0.15) is 0 Å². The van der Waals surface area contributed by atoms with Gasteiger partial charge in [-0.1, -0.05) is 110 Å². The highest BCUT2D eigenvalue weighted by Crippen LogP contribution is 2.38. The zero-order valence-electron chi connectivity index (χ0n) is 27.6. The monoisotopic (exact) mass is 626 g/mol. The van der Waals surface area contributed by atoms with Crippen molar-refractivity contribution in [3.63, 3.8) is 0 Å². The molecule has 4 heteroatoms. The van der Waals surface area contributed by atoms with Gasteiger partial charge in [0.25, 0.3) is 0 Å². The van der Waals surface area contributed by atoms with Crippen LogP contribution in [0.3, 0.4) is 0 Å². The lowest BCUT2D eigenvalue weighted by atomic mass is 9.96. The molecule has 238 valence electrons. The molecule has 0 spiro atoms. The summed E-state index contributed by atoms with van der Waals surface area (Å²) in [6.45, 7) is 7.40. The molecule has 6 aromatic rings. The highest BCUT2D eigenvalue weighted by Gasteiger charge is 2.16. The van der Waals surface area contributed by atoms with E-state index in [1.165, 1.54) is 66.6 Å². The Balaban J connectivity index is 0.00000129. The fourth-order valence-corrected chi connectivity index (χ4v) is 6.39. The van der Waals surface area contributed by atoms with E-state index in [0.29, 0.717) is 0 Å². The van der Waals surface area contributed by atoms with Crippen molar-refractivity contribution in [2.75, 3.05) is 0 Å². The fraction of sp³-hybridized carbons (Fsp3) is 0.0909. The number of benzene rings is 5. The van der Waals surface area contributed by atoms with Gasteiger partial charge >= 0.3 is 0 Å². The van der Waals surface area contributed by atoms with Gasteiger partial charge in [0, 0.05) is 21.8 Å². The van der Waals surface area contributed by atoms with Crippen LogP contribution in [-0.2, 0) is 6.42 Å². The number of nitrogens with two attached hydrogens (primary N) is 2. The maximum atomic E-state index is 5.98. The number of nitrogens with zero attached hydrogens (tertiary/aromatic N) is 1. The van der Waals surface area contributed by atoms with E-state index in [4.69, 9.17) is 5.73 Å². The van der Waals surface area contributed by atoms with E-state index in [-0.39, 0.29) is 6.04 Å². The van der Waals surface area contributed by atoms with Crippen LogP contribution >= 0.6 is 0 Å². The average molecular weight is 627 g/mol. The molecule has 0 bridgehead atoms. The Hall–Kier alpha value is -6.00. The summed E-state index contributed by atoms with van der Waals surface area (Å²) < 4.78 is 2.43. The molecular weight excluding hydrogens is 585 g/mol. The number of allylic oxidation sites excluding steroid dienone is 5. The predicted molar refractivity (Wildman–Crippen MR) is 208 cm³/mol. The number of fused-ring (bicyclic) bond motifs is 5. The van der Waals surface area contributed by atoms with Crippen LogP contribution in [0.15, 0.2) is 170 Å². The minimum absolute atomic E-state index is 0.0920. The van der Waals surface area contributed by atoms with E-state index in [0.717, 1.165) is 17.7 Å². The van der Waals surface area contributed by atoms with Gasteiger partial charge in [-0.3, -0.25) is 0 Å². The number of rotatable bonds is 7. The Kier molecular flexibility index (Phi) is 9.73. The van der Waals surface area contributed by atoms with Crippen molar-refractivity contribution in [3.8, 4) is 16.8 Å². The van der Waals surface area contributed by atoms with E-state index in [1.54, 1.807) is 6.20 Å². The van der Waals surface area contributed by atoms with Crippen LogP contribution in [-0.4, -0.2) is 10.6 Å². The van der Waals surface area contributed by atoms with Crippen LogP contribution in [0.4, 0.5) is 0 Å². The van der Waals surface area contributed by atoms with Crippen molar-refractivity contribution < 1.29 is 0 Å². The highest BCUT2D eigenvalue weighted by molar-refractivity contribution is 6.19. The van der Waals surface area contributed by atoms with Gasteiger partial charge in [-0.25, -0.2) is 0 Å². The van der Waals surface area contributed by atoms with E-state index in [1.807, 2.05) is 18.4 Å². The van der Waals surface area contributed by atoms with Crippen LogP contribution in [0.1, 0.15) is 25.0 Å². The second-order valence-electron chi connectivity index (χ2n) is 11.9. The molecule has 1 aliphatic heterocycles. The van der Waals surface area contributed by atoms with Crippen molar-refractivity contribution in [2.45, 2.75) is 26.3 Å². The Morgan fingerprint density at radius 2 is 1.60 bits per heavy atom. The molecule has 0 radical (unpaired) electrons. The Morgan fingerprint density at radius 3 is 2.35 bits per heavy atom. The van der Waals surface area contributed by atoms with Gasteiger partial charge in [-0.15, -0.1) is 0 Å². The Bertz CT molecular complexity index is 2240. The lowest BCUT2D eigenvalue weighted by Crippen LogP contribution is -2.25. The molecule has 0 fully saturated rings. The van der Waals surface area contributed by atoms with E-state index < -0.39 is 0 Å². The maximum absolute atomic E-state index is 5.98. The average Bonchev–Trinajstić information content (AvgIpc) is 3.48. The van der Waals surface area contributed by atoms with Crippen LogP contribution < -0.4 is 16.8 Å². The number of hydrogen-bond donors (Lipinski definition) is 3. The molecule has 4 nitrogen and oxygen atoms in total. The van der Waals surface area contributed by atoms with Crippen LogP contribution in [0.2, 0.25) is 0 Å². The second kappa shape index (κ2) is 14.6. The van der Waals surface area contributed by atoms with Crippen molar-refractivity contribution in [1.82, 2.24) is 9.88 Å². The quantitative estimate of drug-likeness (QED) is 0.155. The minimum atomic E-state index is 0.0920. The number of aromatic nitrogens is 1. The maximum Gasteiger partial charge on any atom is 0.0709 e. The lowest BCUT2D eigenvalue weighted by molar-refractivity contribution is 0.798. The van der Waals surface area contributed by atoms with Gasteiger partial charge < -0.3 is 21.4 Å². The van der Waals surface area contributed by atoms with Crippen molar-refractivity contribution in [3.05, 3.63) is 181 Å². The van der Waals surface area contributed by atoms with Crippen molar-refractivity contribution in [2.24, 2.45) is 11.5 Å². The largest absolute Gasteiger partial charge is 0.405 e. The predicted octanol–water partition coefficient (Wildman–Crippen LogP) is 10.1. The summed E-state index contributed by atoms with van der Waals surface area (Å²) in [6.07, 6.45) is 18.3. The molecule has 0 saturated heterocycles. The Labute approximate surface area is 283 Å². The summed E-state index contributed by atoms with van der Waals surface area (Å²) in [4.78, 5) is 0. The first-order chi connectivity index (χ1) is 23.6. The summed E-state index contributed by atoms with van der Waals surface area (Å²) in [5.41, 5.74) is 21.5. The van der Waals surface area contributed by atoms with E-state index in [2.05, 4.69) is 163 Å². The number of para-hydroxylation sites is 1. The number of nitrogens with one attached hydrogen (secondary N) is 1. The molecule has 1 atom stereocenters. The molecule has 0 aliphatic carbocycles. The molecule has 5 aromatic carbocycles. The van der Waals surface area contributed by atoms with Crippen LogP contribution in [0.5, 0.6) is 0 Å². The van der Waals surface area contributed by atoms with Crippen molar-refractivity contribution >= 4 is 38.2 Å². The zero-order chi connectivity index (χ0) is 33.5. The number of hydrogen-bond acceptors (Lipinski definition) is 3. The summed E-state index contributed by atoms with van der Waals surface area (Å²) in [5.74, 6) is 0. The first-order valence-corrected chi connectivity index (χ1v) is 16.4. The molecule has 1 unspecified atom stereocenters.